The van der Waals surface area contributed by atoms with Crippen molar-refractivity contribution in [2.24, 2.45) is 5.92 Å². The number of hydrogen-bond donors (Lipinski definition) is 1. The molecule has 19 heavy (non-hydrogen) atoms. The number of halogens is 1. The van der Waals surface area contributed by atoms with Crippen LogP contribution in [0.25, 0.3) is 0 Å². The highest BCUT2D eigenvalue weighted by molar-refractivity contribution is 5.41. The molecule has 0 atom stereocenters. The van der Waals surface area contributed by atoms with Crippen molar-refractivity contribution in [3.05, 3.63) is 17.8 Å². The average molecular weight is 266 g/mol. The fourth-order valence-corrected chi connectivity index (χ4v) is 2.42. The Morgan fingerprint density at radius 3 is 2.68 bits per heavy atom. The van der Waals surface area contributed by atoms with Gasteiger partial charge in [-0.1, -0.05) is 13.8 Å². The Bertz CT molecular complexity index is 414. The van der Waals surface area contributed by atoms with Gasteiger partial charge in [-0.25, -0.2) is 14.4 Å². The molecular formula is C14H23FN4. The van der Waals surface area contributed by atoms with Crippen molar-refractivity contribution in [1.29, 1.82) is 0 Å². The number of nitrogens with one attached hydrogen (secondary N) is 1. The molecule has 106 valence electrons. The van der Waals surface area contributed by atoms with Crippen LogP contribution in [-0.2, 0) is 0 Å². The van der Waals surface area contributed by atoms with Gasteiger partial charge in [-0.2, -0.15) is 0 Å². The van der Waals surface area contributed by atoms with Crippen LogP contribution in [-0.4, -0.2) is 35.6 Å². The molecule has 1 aliphatic rings. The minimum atomic E-state index is -0.277. The highest BCUT2D eigenvalue weighted by Crippen LogP contribution is 2.24. The van der Waals surface area contributed by atoms with Crippen molar-refractivity contribution in [1.82, 2.24) is 15.3 Å². The van der Waals surface area contributed by atoms with Gasteiger partial charge in [0.2, 0.25) is 0 Å². The maximum Gasteiger partial charge on any atom is 0.186 e. The van der Waals surface area contributed by atoms with Gasteiger partial charge >= 0.3 is 0 Å². The molecule has 1 aromatic rings. The first-order valence-corrected chi connectivity index (χ1v) is 7.03. The molecule has 1 saturated heterocycles. The van der Waals surface area contributed by atoms with Crippen LogP contribution in [0.4, 0.5) is 10.2 Å². The molecule has 1 fully saturated rings. The van der Waals surface area contributed by atoms with E-state index in [1.54, 1.807) is 6.92 Å². The summed E-state index contributed by atoms with van der Waals surface area (Å²) < 4.78 is 14.0. The second kappa shape index (κ2) is 6.28. The van der Waals surface area contributed by atoms with Crippen molar-refractivity contribution in [2.75, 3.05) is 24.5 Å². The molecule has 0 unspecified atom stereocenters. The second-order valence-corrected chi connectivity index (χ2v) is 5.59. The summed E-state index contributed by atoms with van der Waals surface area (Å²) in [5.74, 6) is 0.869. The molecule has 0 bridgehead atoms. The maximum absolute atomic E-state index is 14.0. The zero-order valence-corrected chi connectivity index (χ0v) is 12.0. The molecular weight excluding hydrogens is 243 g/mol. The fraction of sp³-hybridized carbons (Fsp3) is 0.714. The Labute approximate surface area is 114 Å². The molecule has 1 N–H and O–H groups in total. The summed E-state index contributed by atoms with van der Waals surface area (Å²) in [5.41, 5.74) is 0.425. The minimum absolute atomic E-state index is 0.277. The fourth-order valence-electron chi connectivity index (χ4n) is 2.42. The van der Waals surface area contributed by atoms with E-state index in [9.17, 15) is 4.39 Å². The van der Waals surface area contributed by atoms with E-state index in [2.05, 4.69) is 29.1 Å². The summed E-state index contributed by atoms with van der Waals surface area (Å²) in [4.78, 5) is 10.00. The third-order valence-corrected chi connectivity index (χ3v) is 3.67. The Morgan fingerprint density at radius 2 is 2.05 bits per heavy atom. The number of piperidine rings is 1. The molecule has 2 rings (SSSR count). The van der Waals surface area contributed by atoms with Gasteiger partial charge in [0, 0.05) is 19.1 Å². The van der Waals surface area contributed by atoms with Gasteiger partial charge < -0.3 is 10.2 Å². The lowest BCUT2D eigenvalue weighted by atomic mass is 9.96. The van der Waals surface area contributed by atoms with Gasteiger partial charge in [0.1, 0.15) is 6.33 Å². The SMILES string of the molecule is Cc1ncnc(N2CCC(CNC(C)C)CC2)c1F. The Hall–Kier alpha value is -1.23. The van der Waals surface area contributed by atoms with Crippen molar-refractivity contribution in [2.45, 2.75) is 39.7 Å². The van der Waals surface area contributed by atoms with Gasteiger partial charge in [0.05, 0.1) is 5.69 Å². The van der Waals surface area contributed by atoms with E-state index in [0.717, 1.165) is 32.5 Å². The molecule has 0 aromatic carbocycles. The van der Waals surface area contributed by atoms with E-state index < -0.39 is 0 Å². The van der Waals surface area contributed by atoms with Gasteiger partial charge in [-0.3, -0.25) is 0 Å². The largest absolute Gasteiger partial charge is 0.354 e. The summed E-state index contributed by atoms with van der Waals surface area (Å²) in [6.07, 6.45) is 3.62. The lowest BCUT2D eigenvalue weighted by Gasteiger charge is -2.33. The molecule has 0 amide bonds. The molecule has 5 heteroatoms. The van der Waals surface area contributed by atoms with Gasteiger partial charge in [0.25, 0.3) is 0 Å². The number of anilines is 1. The zero-order chi connectivity index (χ0) is 13.8. The van der Waals surface area contributed by atoms with E-state index in [4.69, 9.17) is 0 Å². The van der Waals surface area contributed by atoms with Crippen LogP contribution in [0.15, 0.2) is 6.33 Å². The first-order chi connectivity index (χ1) is 9.08. The van der Waals surface area contributed by atoms with E-state index in [-0.39, 0.29) is 5.82 Å². The highest BCUT2D eigenvalue weighted by Gasteiger charge is 2.22. The Morgan fingerprint density at radius 1 is 1.37 bits per heavy atom. The van der Waals surface area contributed by atoms with Gasteiger partial charge in [-0.15, -0.1) is 0 Å². The van der Waals surface area contributed by atoms with E-state index >= 15 is 0 Å². The molecule has 1 aliphatic heterocycles. The van der Waals surface area contributed by atoms with Crippen molar-refractivity contribution in [3.8, 4) is 0 Å². The molecule has 0 spiro atoms. The van der Waals surface area contributed by atoms with Gasteiger partial charge in [0.15, 0.2) is 11.6 Å². The monoisotopic (exact) mass is 266 g/mol. The second-order valence-electron chi connectivity index (χ2n) is 5.59. The first-order valence-electron chi connectivity index (χ1n) is 7.03. The number of hydrogen-bond acceptors (Lipinski definition) is 4. The van der Waals surface area contributed by atoms with Crippen LogP contribution < -0.4 is 10.2 Å². The van der Waals surface area contributed by atoms with Crippen LogP contribution in [0.3, 0.4) is 0 Å². The molecule has 0 aliphatic carbocycles. The predicted octanol–water partition coefficient (Wildman–Crippen LogP) is 2.14. The smallest absolute Gasteiger partial charge is 0.186 e. The molecule has 1 aromatic heterocycles. The summed E-state index contributed by atoms with van der Waals surface area (Å²) >= 11 is 0. The Balaban J connectivity index is 1.91. The summed E-state index contributed by atoms with van der Waals surface area (Å²) in [5, 5.41) is 3.47. The third-order valence-electron chi connectivity index (χ3n) is 3.67. The quantitative estimate of drug-likeness (QED) is 0.906. The molecule has 0 saturated carbocycles. The molecule has 0 radical (unpaired) electrons. The predicted molar refractivity (Wildman–Crippen MR) is 74.8 cm³/mol. The molecule has 2 heterocycles. The summed E-state index contributed by atoms with van der Waals surface area (Å²) in [6, 6.07) is 0.528. The summed E-state index contributed by atoms with van der Waals surface area (Å²) in [7, 11) is 0. The van der Waals surface area contributed by atoms with Crippen molar-refractivity contribution >= 4 is 5.82 Å². The van der Waals surface area contributed by atoms with Crippen LogP contribution in [0.5, 0.6) is 0 Å². The summed E-state index contributed by atoms with van der Waals surface area (Å²) in [6.45, 7) is 8.80. The number of aromatic nitrogens is 2. The first kappa shape index (κ1) is 14.2. The highest BCUT2D eigenvalue weighted by atomic mass is 19.1. The lowest BCUT2D eigenvalue weighted by Crippen LogP contribution is -2.39. The van der Waals surface area contributed by atoms with Crippen molar-refractivity contribution in [3.63, 3.8) is 0 Å². The maximum atomic E-state index is 14.0. The van der Waals surface area contributed by atoms with E-state index in [0.29, 0.717) is 23.5 Å². The normalized spacial score (nSPS) is 17.2. The number of nitrogens with zero attached hydrogens (tertiary/aromatic N) is 3. The van der Waals surface area contributed by atoms with E-state index in [1.807, 2.05) is 4.90 Å². The van der Waals surface area contributed by atoms with Crippen LogP contribution >= 0.6 is 0 Å². The van der Waals surface area contributed by atoms with Gasteiger partial charge in [-0.05, 0) is 32.2 Å². The zero-order valence-electron chi connectivity index (χ0n) is 12.0. The van der Waals surface area contributed by atoms with E-state index in [1.165, 1.54) is 6.33 Å². The lowest BCUT2D eigenvalue weighted by molar-refractivity contribution is 0.367. The molecule has 4 nitrogen and oxygen atoms in total. The van der Waals surface area contributed by atoms with Crippen LogP contribution in [0.1, 0.15) is 32.4 Å². The Kier molecular flexibility index (Phi) is 4.69. The van der Waals surface area contributed by atoms with Crippen LogP contribution in [0.2, 0.25) is 0 Å². The number of rotatable bonds is 4. The topological polar surface area (TPSA) is 41.1 Å². The van der Waals surface area contributed by atoms with Crippen molar-refractivity contribution < 1.29 is 4.39 Å². The van der Waals surface area contributed by atoms with Crippen LogP contribution in [0, 0.1) is 18.7 Å². The average Bonchev–Trinajstić information content (AvgIpc) is 2.40. The minimum Gasteiger partial charge on any atom is -0.354 e. The number of aryl methyl sites for hydroxylation is 1. The third kappa shape index (κ3) is 3.62. The standard InChI is InChI=1S/C14H23FN4/c1-10(2)16-8-12-4-6-19(7-5-12)14-13(15)11(3)17-9-18-14/h9-10,12,16H,4-8H2,1-3H3.